The number of nitrogens with zero attached hydrogens (tertiary/aromatic N) is 3. The number of aromatic nitrogens is 2. The van der Waals surface area contributed by atoms with Crippen LogP contribution in [-0.2, 0) is 0 Å². The number of para-hydroxylation sites is 1. The van der Waals surface area contributed by atoms with Gasteiger partial charge in [-0.2, -0.15) is 11.3 Å². The number of thiophene rings is 1. The topological polar surface area (TPSA) is 49.2 Å². The van der Waals surface area contributed by atoms with Gasteiger partial charge in [-0.3, -0.25) is 0 Å². The first-order chi connectivity index (χ1) is 11.3. The highest BCUT2D eigenvalue weighted by Gasteiger charge is 2.22. The zero-order valence-corrected chi connectivity index (χ0v) is 13.7. The van der Waals surface area contributed by atoms with Crippen molar-refractivity contribution in [1.29, 1.82) is 0 Å². The molecule has 3 aromatic rings. The Morgan fingerprint density at radius 2 is 2.13 bits per heavy atom. The molecule has 1 N–H and O–H groups in total. The second-order valence-electron chi connectivity index (χ2n) is 6.04. The highest BCUT2D eigenvalue weighted by Crippen LogP contribution is 2.30. The van der Waals surface area contributed by atoms with Gasteiger partial charge in [0.15, 0.2) is 5.82 Å². The van der Waals surface area contributed by atoms with Crippen molar-refractivity contribution in [1.82, 2.24) is 9.97 Å². The van der Waals surface area contributed by atoms with Crippen molar-refractivity contribution in [3.63, 3.8) is 0 Å². The summed E-state index contributed by atoms with van der Waals surface area (Å²) in [5.41, 5.74) is 2.04. The molecule has 0 saturated carbocycles. The summed E-state index contributed by atoms with van der Waals surface area (Å²) >= 11 is 1.66. The zero-order chi connectivity index (χ0) is 15.6. The van der Waals surface area contributed by atoms with Gasteiger partial charge in [-0.1, -0.05) is 12.1 Å². The monoisotopic (exact) mass is 325 g/mol. The molecule has 0 amide bonds. The molecule has 0 spiro atoms. The average Bonchev–Trinajstić information content (AvgIpc) is 3.15. The molecular weight excluding hydrogens is 306 g/mol. The third kappa shape index (κ3) is 2.82. The summed E-state index contributed by atoms with van der Waals surface area (Å²) in [6.45, 7) is 2.10. The fraction of sp³-hybridized carbons (Fsp3) is 0.333. The molecule has 1 aromatic carbocycles. The van der Waals surface area contributed by atoms with Crippen molar-refractivity contribution in [3.05, 3.63) is 41.1 Å². The van der Waals surface area contributed by atoms with E-state index in [1.54, 1.807) is 11.3 Å². The lowest BCUT2D eigenvalue weighted by molar-refractivity contribution is 0.208. The van der Waals surface area contributed by atoms with Gasteiger partial charge in [-0.15, -0.1) is 0 Å². The largest absolute Gasteiger partial charge is 0.396 e. The van der Waals surface area contributed by atoms with Gasteiger partial charge < -0.3 is 10.0 Å². The Morgan fingerprint density at radius 3 is 2.96 bits per heavy atom. The molecule has 1 atom stereocenters. The number of hydrogen-bond donors (Lipinski definition) is 1. The quantitative estimate of drug-likeness (QED) is 0.800. The molecule has 2 aromatic heterocycles. The number of rotatable bonds is 3. The van der Waals surface area contributed by atoms with Gasteiger partial charge in [0.2, 0.25) is 0 Å². The molecule has 4 rings (SSSR count). The predicted molar refractivity (Wildman–Crippen MR) is 94.9 cm³/mol. The van der Waals surface area contributed by atoms with E-state index in [9.17, 15) is 5.11 Å². The number of benzene rings is 1. The molecule has 1 saturated heterocycles. The number of anilines is 1. The molecule has 3 heterocycles. The van der Waals surface area contributed by atoms with Gasteiger partial charge in [-0.25, -0.2) is 9.97 Å². The third-order valence-corrected chi connectivity index (χ3v) is 5.12. The molecule has 1 fully saturated rings. The lowest BCUT2D eigenvalue weighted by Gasteiger charge is -2.33. The molecule has 0 aliphatic carbocycles. The SMILES string of the molecule is OCC1CCCN(c2nc(-c3ccsc3)nc3ccccc23)C1. The molecule has 0 radical (unpaired) electrons. The van der Waals surface area contributed by atoms with Crippen LogP contribution in [0.4, 0.5) is 5.82 Å². The van der Waals surface area contributed by atoms with E-state index in [-0.39, 0.29) is 6.61 Å². The molecule has 1 aliphatic heterocycles. The van der Waals surface area contributed by atoms with Crippen LogP contribution in [0.25, 0.3) is 22.3 Å². The smallest absolute Gasteiger partial charge is 0.162 e. The van der Waals surface area contributed by atoms with Crippen molar-refractivity contribution in [2.75, 3.05) is 24.6 Å². The van der Waals surface area contributed by atoms with Crippen molar-refractivity contribution in [2.24, 2.45) is 5.92 Å². The van der Waals surface area contributed by atoms with Gasteiger partial charge in [0.05, 0.1) is 5.52 Å². The zero-order valence-electron chi connectivity index (χ0n) is 12.9. The number of aliphatic hydroxyl groups excluding tert-OH is 1. The molecule has 23 heavy (non-hydrogen) atoms. The molecule has 118 valence electrons. The van der Waals surface area contributed by atoms with E-state index in [2.05, 4.69) is 27.8 Å². The van der Waals surface area contributed by atoms with E-state index in [0.29, 0.717) is 5.92 Å². The van der Waals surface area contributed by atoms with E-state index >= 15 is 0 Å². The summed E-state index contributed by atoms with van der Waals surface area (Å²) in [5.74, 6) is 2.11. The lowest BCUT2D eigenvalue weighted by atomic mass is 9.99. The van der Waals surface area contributed by atoms with Crippen molar-refractivity contribution in [3.8, 4) is 11.4 Å². The summed E-state index contributed by atoms with van der Waals surface area (Å²) in [7, 11) is 0. The predicted octanol–water partition coefficient (Wildman–Crippen LogP) is 3.57. The highest BCUT2D eigenvalue weighted by atomic mass is 32.1. The van der Waals surface area contributed by atoms with Crippen LogP contribution in [0.2, 0.25) is 0 Å². The Kier molecular flexibility index (Phi) is 3.97. The Hall–Kier alpha value is -1.98. The number of aliphatic hydroxyl groups is 1. The summed E-state index contributed by atoms with van der Waals surface area (Å²) in [6.07, 6.45) is 2.19. The summed E-state index contributed by atoms with van der Waals surface area (Å²) in [4.78, 5) is 11.9. The third-order valence-electron chi connectivity index (χ3n) is 4.44. The Bertz CT molecular complexity index is 803. The summed E-state index contributed by atoms with van der Waals surface area (Å²) < 4.78 is 0. The fourth-order valence-corrected chi connectivity index (χ4v) is 3.86. The normalized spacial score (nSPS) is 18.5. The van der Waals surface area contributed by atoms with Crippen molar-refractivity contribution < 1.29 is 5.11 Å². The number of piperidine rings is 1. The Balaban J connectivity index is 1.83. The molecule has 0 bridgehead atoms. The molecule has 1 aliphatic rings. The maximum absolute atomic E-state index is 9.52. The Labute approximate surface area is 139 Å². The van der Waals surface area contributed by atoms with Gasteiger partial charge in [-0.05, 0) is 42.3 Å². The van der Waals surface area contributed by atoms with Crippen LogP contribution in [0, 0.1) is 5.92 Å². The van der Waals surface area contributed by atoms with Crippen LogP contribution >= 0.6 is 11.3 Å². The van der Waals surface area contributed by atoms with Crippen LogP contribution in [-0.4, -0.2) is 34.8 Å². The van der Waals surface area contributed by atoms with Gasteiger partial charge in [0.1, 0.15) is 5.82 Å². The van der Waals surface area contributed by atoms with E-state index in [4.69, 9.17) is 9.97 Å². The average molecular weight is 325 g/mol. The minimum atomic E-state index is 0.247. The van der Waals surface area contributed by atoms with E-state index < -0.39 is 0 Å². The molecule has 4 nitrogen and oxygen atoms in total. The first-order valence-electron chi connectivity index (χ1n) is 8.00. The fourth-order valence-electron chi connectivity index (χ4n) is 3.23. The van der Waals surface area contributed by atoms with Crippen LogP contribution in [0.15, 0.2) is 41.1 Å². The van der Waals surface area contributed by atoms with Crippen LogP contribution in [0.5, 0.6) is 0 Å². The molecule has 1 unspecified atom stereocenters. The minimum Gasteiger partial charge on any atom is -0.396 e. The lowest BCUT2D eigenvalue weighted by Crippen LogP contribution is -2.37. The van der Waals surface area contributed by atoms with E-state index in [1.807, 2.05) is 18.2 Å². The standard InChI is InChI=1S/C18H19N3OS/c22-11-13-4-3-8-21(10-13)18-15-5-1-2-6-16(15)19-17(20-18)14-7-9-23-12-14/h1-2,5-7,9,12-13,22H,3-4,8,10-11H2. The van der Waals surface area contributed by atoms with Gasteiger partial charge >= 0.3 is 0 Å². The number of fused-ring (bicyclic) bond motifs is 1. The van der Waals surface area contributed by atoms with Gasteiger partial charge in [0, 0.05) is 36.0 Å². The first-order valence-corrected chi connectivity index (χ1v) is 8.94. The van der Waals surface area contributed by atoms with Crippen molar-refractivity contribution in [2.45, 2.75) is 12.8 Å². The second kappa shape index (κ2) is 6.26. The van der Waals surface area contributed by atoms with E-state index in [0.717, 1.165) is 54.0 Å². The molecule has 5 heteroatoms. The maximum Gasteiger partial charge on any atom is 0.162 e. The summed E-state index contributed by atoms with van der Waals surface area (Å²) in [6, 6.07) is 10.2. The molecular formula is C18H19N3OS. The first kappa shape index (κ1) is 14.6. The Morgan fingerprint density at radius 1 is 1.22 bits per heavy atom. The van der Waals surface area contributed by atoms with Crippen molar-refractivity contribution >= 4 is 28.1 Å². The van der Waals surface area contributed by atoms with Crippen LogP contribution in [0.1, 0.15) is 12.8 Å². The van der Waals surface area contributed by atoms with Crippen LogP contribution in [0.3, 0.4) is 0 Å². The highest BCUT2D eigenvalue weighted by molar-refractivity contribution is 7.08. The maximum atomic E-state index is 9.52. The minimum absolute atomic E-state index is 0.247. The summed E-state index contributed by atoms with van der Waals surface area (Å²) in [5, 5.41) is 14.7. The van der Waals surface area contributed by atoms with Crippen LogP contribution < -0.4 is 4.90 Å². The second-order valence-corrected chi connectivity index (χ2v) is 6.82. The van der Waals surface area contributed by atoms with Gasteiger partial charge in [0.25, 0.3) is 0 Å². The van der Waals surface area contributed by atoms with E-state index in [1.165, 1.54) is 0 Å². The number of hydrogen-bond acceptors (Lipinski definition) is 5.